The number of rotatable bonds is 9. The topological polar surface area (TPSA) is 66.6 Å². The molecular formula is C25H31N3O3S. The third-order valence-corrected chi connectivity index (χ3v) is 5.77. The van der Waals surface area contributed by atoms with Crippen LogP contribution in [-0.2, 0) is 13.0 Å². The molecule has 0 saturated heterocycles. The van der Waals surface area contributed by atoms with Gasteiger partial charge in [0.2, 0.25) is 0 Å². The maximum absolute atomic E-state index is 12.8. The van der Waals surface area contributed by atoms with E-state index in [-0.39, 0.29) is 5.56 Å². The van der Waals surface area contributed by atoms with Gasteiger partial charge in [-0.15, -0.1) is 0 Å². The molecule has 3 aromatic rings. The van der Waals surface area contributed by atoms with Crippen LogP contribution in [0, 0.1) is 6.92 Å². The fourth-order valence-electron chi connectivity index (χ4n) is 3.58. The molecule has 0 aliphatic heterocycles. The first kappa shape index (κ1) is 23.6. The summed E-state index contributed by atoms with van der Waals surface area (Å²) >= 11 is 5.66. The molecule has 170 valence electrons. The summed E-state index contributed by atoms with van der Waals surface area (Å²) in [6.45, 7) is 6.00. The SMILES string of the molecule is CCCNC(=S)N(CCc1ccc(OC)c(OC)c1)Cc1cc2ccc(C)cc2[nH]c1=O. The summed E-state index contributed by atoms with van der Waals surface area (Å²) in [4.78, 5) is 17.8. The smallest absolute Gasteiger partial charge is 0.253 e. The minimum Gasteiger partial charge on any atom is -0.493 e. The van der Waals surface area contributed by atoms with Gasteiger partial charge >= 0.3 is 0 Å². The molecule has 0 fully saturated rings. The zero-order valence-corrected chi connectivity index (χ0v) is 20.0. The summed E-state index contributed by atoms with van der Waals surface area (Å²) in [5.41, 5.74) is 3.67. The second-order valence-corrected chi connectivity index (χ2v) is 8.19. The van der Waals surface area contributed by atoms with E-state index in [1.807, 2.05) is 54.3 Å². The van der Waals surface area contributed by atoms with Crippen molar-refractivity contribution in [3.63, 3.8) is 0 Å². The highest BCUT2D eigenvalue weighted by molar-refractivity contribution is 7.80. The van der Waals surface area contributed by atoms with Crippen LogP contribution < -0.4 is 20.3 Å². The minimum absolute atomic E-state index is 0.0856. The monoisotopic (exact) mass is 453 g/mol. The molecule has 0 aliphatic carbocycles. The Balaban J connectivity index is 1.82. The summed E-state index contributed by atoms with van der Waals surface area (Å²) in [7, 11) is 3.25. The summed E-state index contributed by atoms with van der Waals surface area (Å²) in [6, 6.07) is 13.9. The first-order valence-electron chi connectivity index (χ1n) is 10.8. The van der Waals surface area contributed by atoms with Crippen molar-refractivity contribution >= 4 is 28.2 Å². The summed E-state index contributed by atoms with van der Waals surface area (Å²) in [5, 5.41) is 4.95. The van der Waals surface area contributed by atoms with Crippen LogP contribution in [-0.4, -0.2) is 42.3 Å². The number of aromatic nitrogens is 1. The van der Waals surface area contributed by atoms with Gasteiger partial charge in [0.25, 0.3) is 5.56 Å². The molecule has 0 amide bonds. The van der Waals surface area contributed by atoms with E-state index in [2.05, 4.69) is 17.2 Å². The van der Waals surface area contributed by atoms with Gasteiger partial charge in [-0.2, -0.15) is 0 Å². The zero-order valence-electron chi connectivity index (χ0n) is 19.2. The highest BCUT2D eigenvalue weighted by atomic mass is 32.1. The molecule has 1 heterocycles. The molecule has 2 N–H and O–H groups in total. The Morgan fingerprint density at radius 3 is 2.59 bits per heavy atom. The van der Waals surface area contributed by atoms with E-state index in [1.165, 1.54) is 0 Å². The average molecular weight is 454 g/mol. The van der Waals surface area contributed by atoms with Gasteiger partial charge in [-0.3, -0.25) is 4.79 Å². The lowest BCUT2D eigenvalue weighted by atomic mass is 10.1. The number of methoxy groups -OCH3 is 2. The Morgan fingerprint density at radius 1 is 1.09 bits per heavy atom. The van der Waals surface area contributed by atoms with Crippen molar-refractivity contribution in [3.8, 4) is 11.5 Å². The first-order chi connectivity index (χ1) is 15.4. The third-order valence-electron chi connectivity index (χ3n) is 5.37. The molecule has 7 heteroatoms. The molecular weight excluding hydrogens is 422 g/mol. The molecule has 32 heavy (non-hydrogen) atoms. The fourth-order valence-corrected chi connectivity index (χ4v) is 3.84. The maximum Gasteiger partial charge on any atom is 0.253 e. The largest absolute Gasteiger partial charge is 0.493 e. The van der Waals surface area contributed by atoms with E-state index in [9.17, 15) is 4.79 Å². The van der Waals surface area contributed by atoms with E-state index in [4.69, 9.17) is 21.7 Å². The number of fused-ring (bicyclic) bond motifs is 1. The number of H-pyrrole nitrogens is 1. The van der Waals surface area contributed by atoms with Gasteiger partial charge in [0.05, 0.1) is 20.8 Å². The molecule has 2 aromatic carbocycles. The molecule has 0 radical (unpaired) electrons. The van der Waals surface area contributed by atoms with Gasteiger partial charge in [-0.25, -0.2) is 0 Å². The molecule has 6 nitrogen and oxygen atoms in total. The predicted octanol–water partition coefficient (Wildman–Crippen LogP) is 4.18. The van der Waals surface area contributed by atoms with Crippen molar-refractivity contribution in [2.45, 2.75) is 33.2 Å². The van der Waals surface area contributed by atoms with Crippen LogP contribution >= 0.6 is 12.2 Å². The standard InChI is InChI=1S/C25H31N3O3S/c1-5-11-26-25(32)28(12-10-18-7-9-22(30-3)23(14-18)31-4)16-20-15-19-8-6-17(2)13-21(19)27-24(20)29/h6-9,13-15H,5,10-12,16H2,1-4H3,(H,26,32)(H,27,29). The number of hydrogen-bond acceptors (Lipinski definition) is 4. The molecule has 0 spiro atoms. The average Bonchev–Trinajstić information content (AvgIpc) is 2.80. The Kier molecular flexibility index (Phi) is 8.11. The lowest BCUT2D eigenvalue weighted by molar-refractivity contribution is 0.354. The highest BCUT2D eigenvalue weighted by Crippen LogP contribution is 2.27. The number of aryl methyl sites for hydroxylation is 1. The van der Waals surface area contributed by atoms with E-state index >= 15 is 0 Å². The van der Waals surface area contributed by atoms with Crippen molar-refractivity contribution in [2.24, 2.45) is 0 Å². The van der Waals surface area contributed by atoms with Gasteiger partial charge < -0.3 is 24.7 Å². The van der Waals surface area contributed by atoms with Gasteiger partial charge in [0.15, 0.2) is 16.6 Å². The van der Waals surface area contributed by atoms with Crippen LogP contribution in [0.4, 0.5) is 0 Å². The van der Waals surface area contributed by atoms with Crippen molar-refractivity contribution in [1.29, 1.82) is 0 Å². The summed E-state index contributed by atoms with van der Waals surface area (Å²) < 4.78 is 10.8. The number of nitrogens with zero attached hydrogens (tertiary/aromatic N) is 1. The van der Waals surface area contributed by atoms with Crippen LogP contribution in [0.2, 0.25) is 0 Å². The minimum atomic E-state index is -0.0856. The zero-order chi connectivity index (χ0) is 23.1. The van der Waals surface area contributed by atoms with Crippen molar-refractivity contribution < 1.29 is 9.47 Å². The number of thiocarbonyl (C=S) groups is 1. The molecule has 3 rings (SSSR count). The van der Waals surface area contributed by atoms with Crippen molar-refractivity contribution in [3.05, 3.63) is 69.5 Å². The molecule has 0 saturated carbocycles. The number of hydrogen-bond donors (Lipinski definition) is 2. The van der Waals surface area contributed by atoms with Gasteiger partial charge in [-0.1, -0.05) is 25.1 Å². The predicted molar refractivity (Wildman–Crippen MR) is 134 cm³/mol. The highest BCUT2D eigenvalue weighted by Gasteiger charge is 2.14. The fraction of sp³-hybridized carbons (Fsp3) is 0.360. The van der Waals surface area contributed by atoms with Gasteiger partial charge in [-0.05, 0) is 72.8 Å². The second kappa shape index (κ2) is 11.0. The van der Waals surface area contributed by atoms with Crippen LogP contribution in [0.1, 0.15) is 30.0 Å². The Hall–Kier alpha value is -3.06. The van der Waals surface area contributed by atoms with Crippen LogP contribution in [0.15, 0.2) is 47.3 Å². The van der Waals surface area contributed by atoms with E-state index < -0.39 is 0 Å². The second-order valence-electron chi connectivity index (χ2n) is 7.81. The maximum atomic E-state index is 12.8. The van der Waals surface area contributed by atoms with Crippen molar-refractivity contribution in [1.82, 2.24) is 15.2 Å². The van der Waals surface area contributed by atoms with Crippen LogP contribution in [0.3, 0.4) is 0 Å². The Morgan fingerprint density at radius 2 is 1.88 bits per heavy atom. The van der Waals surface area contributed by atoms with Crippen molar-refractivity contribution in [2.75, 3.05) is 27.3 Å². The Labute approximate surface area is 194 Å². The Bertz CT molecular complexity index is 1140. The number of ether oxygens (including phenoxy) is 2. The molecule has 0 aliphatic rings. The lowest BCUT2D eigenvalue weighted by Gasteiger charge is -2.26. The normalized spacial score (nSPS) is 10.8. The van der Waals surface area contributed by atoms with E-state index in [0.717, 1.165) is 41.4 Å². The van der Waals surface area contributed by atoms with Gasteiger partial charge in [0, 0.05) is 24.2 Å². The number of benzene rings is 2. The molecule has 0 atom stereocenters. The van der Waals surface area contributed by atoms with Crippen LogP contribution in [0.5, 0.6) is 11.5 Å². The summed E-state index contributed by atoms with van der Waals surface area (Å²) in [6.07, 6.45) is 1.72. The van der Waals surface area contributed by atoms with Gasteiger partial charge in [0.1, 0.15) is 0 Å². The number of nitrogens with one attached hydrogen (secondary N) is 2. The van der Waals surface area contributed by atoms with E-state index in [0.29, 0.717) is 35.3 Å². The number of pyridine rings is 1. The third kappa shape index (κ3) is 5.79. The molecule has 1 aromatic heterocycles. The molecule has 0 unspecified atom stereocenters. The first-order valence-corrected chi connectivity index (χ1v) is 11.2. The molecule has 0 bridgehead atoms. The van der Waals surface area contributed by atoms with E-state index in [1.54, 1.807) is 14.2 Å². The summed E-state index contributed by atoms with van der Waals surface area (Å²) in [5.74, 6) is 1.40. The quantitative estimate of drug-likeness (QED) is 0.474. The van der Waals surface area contributed by atoms with Crippen LogP contribution in [0.25, 0.3) is 10.9 Å². The lowest BCUT2D eigenvalue weighted by Crippen LogP contribution is -2.41. The number of aromatic amines is 1.